The minimum Gasteiger partial charge on any atom is -0.475 e. The van der Waals surface area contributed by atoms with Crippen LogP contribution in [0.1, 0.15) is 30.7 Å². The van der Waals surface area contributed by atoms with Gasteiger partial charge >= 0.3 is 0 Å². The molecular formula is C14H24N2O2. The number of nitrogens with zero attached hydrogens (tertiary/aromatic N) is 1. The average molecular weight is 252 g/mol. The second-order valence-electron chi connectivity index (χ2n) is 4.66. The van der Waals surface area contributed by atoms with Crippen molar-refractivity contribution in [1.29, 1.82) is 0 Å². The van der Waals surface area contributed by atoms with E-state index in [1.54, 1.807) is 0 Å². The molecule has 0 bridgehead atoms. The van der Waals surface area contributed by atoms with Crippen molar-refractivity contribution in [2.75, 3.05) is 20.3 Å². The lowest BCUT2D eigenvalue weighted by molar-refractivity contribution is 0.0539. The molecule has 0 radical (unpaired) electrons. The highest BCUT2D eigenvalue weighted by atomic mass is 16.5. The Morgan fingerprint density at radius 3 is 2.61 bits per heavy atom. The Morgan fingerprint density at radius 1 is 1.28 bits per heavy atom. The summed E-state index contributed by atoms with van der Waals surface area (Å²) in [6.07, 6.45) is 0.234. The molecule has 1 aromatic heterocycles. The van der Waals surface area contributed by atoms with Gasteiger partial charge in [-0.15, -0.1) is 0 Å². The smallest absolute Gasteiger partial charge is 0.218 e. The predicted octanol–water partition coefficient (Wildman–Crippen LogP) is 2.22. The first-order valence-electron chi connectivity index (χ1n) is 6.40. The fraction of sp³-hybridized carbons (Fsp3) is 0.643. The lowest BCUT2D eigenvalue weighted by Crippen LogP contribution is -2.15. The Morgan fingerprint density at radius 2 is 2.00 bits per heavy atom. The van der Waals surface area contributed by atoms with Crippen molar-refractivity contribution in [2.24, 2.45) is 0 Å². The summed E-state index contributed by atoms with van der Waals surface area (Å²) < 4.78 is 11.2. The standard InChI is InChI=1S/C14H24N2O2/c1-10(2)17-6-7-18-14-13(9-15-5)11(3)8-12(4)16-14/h8,10,15H,6-7,9H2,1-5H3. The normalized spacial score (nSPS) is 11.0. The molecular weight excluding hydrogens is 228 g/mol. The van der Waals surface area contributed by atoms with E-state index in [9.17, 15) is 0 Å². The Kier molecular flexibility index (Phi) is 6.09. The molecule has 0 aliphatic carbocycles. The molecule has 0 saturated carbocycles. The number of rotatable bonds is 7. The van der Waals surface area contributed by atoms with Crippen molar-refractivity contribution >= 4 is 0 Å². The van der Waals surface area contributed by atoms with E-state index >= 15 is 0 Å². The SMILES string of the molecule is CNCc1c(C)cc(C)nc1OCCOC(C)C. The molecule has 0 spiro atoms. The molecule has 0 aliphatic rings. The largest absolute Gasteiger partial charge is 0.475 e. The Balaban J connectivity index is 2.67. The molecule has 0 unspecified atom stereocenters. The van der Waals surface area contributed by atoms with Crippen molar-refractivity contribution in [3.05, 3.63) is 22.9 Å². The zero-order valence-electron chi connectivity index (χ0n) is 12.0. The van der Waals surface area contributed by atoms with Crippen LogP contribution < -0.4 is 10.1 Å². The molecule has 0 amide bonds. The number of ether oxygens (including phenoxy) is 2. The number of aryl methyl sites for hydroxylation is 2. The van der Waals surface area contributed by atoms with E-state index in [-0.39, 0.29) is 6.10 Å². The van der Waals surface area contributed by atoms with Gasteiger partial charge in [-0.05, 0) is 46.4 Å². The quantitative estimate of drug-likeness (QED) is 0.756. The van der Waals surface area contributed by atoms with E-state index < -0.39 is 0 Å². The lowest BCUT2D eigenvalue weighted by Gasteiger charge is -2.14. The van der Waals surface area contributed by atoms with Gasteiger partial charge in [0.1, 0.15) is 6.61 Å². The maximum atomic E-state index is 5.73. The highest BCUT2D eigenvalue weighted by Gasteiger charge is 2.09. The highest BCUT2D eigenvalue weighted by Crippen LogP contribution is 2.20. The van der Waals surface area contributed by atoms with Crippen molar-refractivity contribution in [3.63, 3.8) is 0 Å². The molecule has 4 heteroatoms. The van der Waals surface area contributed by atoms with Crippen molar-refractivity contribution in [3.8, 4) is 5.88 Å². The van der Waals surface area contributed by atoms with Crippen LogP contribution in [0.4, 0.5) is 0 Å². The summed E-state index contributed by atoms with van der Waals surface area (Å²) in [6.45, 7) is 9.98. The van der Waals surface area contributed by atoms with E-state index in [1.807, 2.05) is 27.8 Å². The van der Waals surface area contributed by atoms with Gasteiger partial charge in [0.2, 0.25) is 5.88 Å². The van der Waals surface area contributed by atoms with E-state index in [1.165, 1.54) is 5.56 Å². The van der Waals surface area contributed by atoms with Crippen LogP contribution >= 0.6 is 0 Å². The number of pyridine rings is 1. The van der Waals surface area contributed by atoms with Crippen LogP contribution in [0.3, 0.4) is 0 Å². The number of hydrogen-bond donors (Lipinski definition) is 1. The molecule has 0 atom stereocenters. The molecule has 1 N–H and O–H groups in total. The van der Waals surface area contributed by atoms with E-state index in [2.05, 4.69) is 23.3 Å². The highest BCUT2D eigenvalue weighted by molar-refractivity contribution is 5.35. The van der Waals surface area contributed by atoms with Gasteiger partial charge in [-0.3, -0.25) is 0 Å². The summed E-state index contributed by atoms with van der Waals surface area (Å²) in [5.74, 6) is 0.717. The van der Waals surface area contributed by atoms with Gasteiger partial charge in [0.05, 0.1) is 12.7 Å². The van der Waals surface area contributed by atoms with E-state index in [0.717, 1.165) is 17.8 Å². The minimum absolute atomic E-state index is 0.234. The fourth-order valence-corrected chi connectivity index (χ4v) is 1.76. The summed E-state index contributed by atoms with van der Waals surface area (Å²) in [6, 6.07) is 2.07. The topological polar surface area (TPSA) is 43.4 Å². The van der Waals surface area contributed by atoms with Gasteiger partial charge in [0.15, 0.2) is 0 Å². The minimum atomic E-state index is 0.234. The van der Waals surface area contributed by atoms with Gasteiger partial charge in [-0.1, -0.05) is 0 Å². The van der Waals surface area contributed by atoms with Crippen LogP contribution in [-0.4, -0.2) is 31.3 Å². The van der Waals surface area contributed by atoms with Gasteiger partial charge in [-0.2, -0.15) is 0 Å². The second-order valence-corrected chi connectivity index (χ2v) is 4.66. The monoisotopic (exact) mass is 252 g/mol. The fourth-order valence-electron chi connectivity index (χ4n) is 1.76. The van der Waals surface area contributed by atoms with Gasteiger partial charge in [0.25, 0.3) is 0 Å². The number of aromatic nitrogens is 1. The van der Waals surface area contributed by atoms with Crippen LogP contribution in [0.5, 0.6) is 5.88 Å². The zero-order chi connectivity index (χ0) is 13.5. The molecule has 4 nitrogen and oxygen atoms in total. The molecule has 18 heavy (non-hydrogen) atoms. The summed E-state index contributed by atoms with van der Waals surface area (Å²) >= 11 is 0. The van der Waals surface area contributed by atoms with Crippen molar-refractivity contribution in [1.82, 2.24) is 10.3 Å². The number of nitrogens with one attached hydrogen (secondary N) is 1. The lowest BCUT2D eigenvalue weighted by atomic mass is 10.1. The van der Waals surface area contributed by atoms with Crippen molar-refractivity contribution < 1.29 is 9.47 Å². The maximum Gasteiger partial charge on any atom is 0.218 e. The summed E-state index contributed by atoms with van der Waals surface area (Å²) in [7, 11) is 1.92. The molecule has 0 saturated heterocycles. The van der Waals surface area contributed by atoms with E-state index in [0.29, 0.717) is 19.1 Å². The molecule has 1 rings (SSSR count). The van der Waals surface area contributed by atoms with Crippen LogP contribution in [0.25, 0.3) is 0 Å². The molecule has 1 heterocycles. The zero-order valence-corrected chi connectivity index (χ0v) is 12.0. The molecule has 0 aliphatic heterocycles. The summed E-state index contributed by atoms with van der Waals surface area (Å²) in [5, 5.41) is 3.14. The third kappa shape index (κ3) is 4.63. The van der Waals surface area contributed by atoms with Gasteiger partial charge < -0.3 is 14.8 Å². The molecule has 0 fully saturated rings. The first kappa shape index (κ1) is 14.9. The second kappa shape index (κ2) is 7.34. The first-order valence-corrected chi connectivity index (χ1v) is 6.40. The van der Waals surface area contributed by atoms with Crippen LogP contribution in [0.15, 0.2) is 6.07 Å². The third-order valence-electron chi connectivity index (χ3n) is 2.56. The van der Waals surface area contributed by atoms with Gasteiger partial charge in [-0.25, -0.2) is 4.98 Å². The van der Waals surface area contributed by atoms with Crippen LogP contribution in [0, 0.1) is 13.8 Å². The molecule has 1 aromatic rings. The Bertz CT molecular complexity index is 378. The summed E-state index contributed by atoms with van der Waals surface area (Å²) in [5.41, 5.74) is 3.30. The van der Waals surface area contributed by atoms with Crippen molar-refractivity contribution in [2.45, 2.75) is 40.3 Å². The third-order valence-corrected chi connectivity index (χ3v) is 2.56. The Labute approximate surface area is 110 Å². The van der Waals surface area contributed by atoms with Gasteiger partial charge in [0, 0.05) is 17.8 Å². The summed E-state index contributed by atoms with van der Waals surface area (Å²) in [4.78, 5) is 4.45. The molecule has 102 valence electrons. The Hall–Kier alpha value is -1.13. The molecule has 0 aromatic carbocycles. The maximum absolute atomic E-state index is 5.73. The average Bonchev–Trinajstić information content (AvgIpc) is 2.28. The van der Waals surface area contributed by atoms with Crippen LogP contribution in [-0.2, 0) is 11.3 Å². The first-order chi connectivity index (χ1) is 8.54. The number of hydrogen-bond acceptors (Lipinski definition) is 4. The van der Waals surface area contributed by atoms with Crippen LogP contribution in [0.2, 0.25) is 0 Å². The van der Waals surface area contributed by atoms with E-state index in [4.69, 9.17) is 9.47 Å². The predicted molar refractivity (Wildman–Crippen MR) is 73.1 cm³/mol.